The van der Waals surface area contributed by atoms with Crippen LogP contribution in [0.2, 0.25) is 0 Å². The van der Waals surface area contributed by atoms with Crippen molar-refractivity contribution in [3.8, 4) is 12.3 Å². The largest absolute Gasteiger partial charge is 0.448 e. The number of fused-ring (bicyclic) bond motifs is 5. The van der Waals surface area contributed by atoms with Crippen LogP contribution in [0.25, 0.3) is 0 Å². The summed E-state index contributed by atoms with van der Waals surface area (Å²) in [5.41, 5.74) is -0.745. The average molecular weight is 382 g/mol. The summed E-state index contributed by atoms with van der Waals surface area (Å²) in [4.78, 5) is 49.7. The molecule has 0 N–H and O–H groups in total. The number of carbonyl (C=O) groups excluding carboxylic acids is 4. The molecule has 5 nitrogen and oxygen atoms in total. The second-order valence-corrected chi connectivity index (χ2v) is 9.14. The van der Waals surface area contributed by atoms with Gasteiger partial charge < -0.3 is 4.74 Å². The highest BCUT2D eigenvalue weighted by Crippen LogP contribution is 2.65. The Labute approximate surface area is 165 Å². The summed E-state index contributed by atoms with van der Waals surface area (Å²) in [6.45, 7) is 3.36. The Kier molecular flexibility index (Phi) is 4.37. The summed E-state index contributed by atoms with van der Waals surface area (Å²) >= 11 is 0. The second-order valence-electron chi connectivity index (χ2n) is 9.14. The van der Waals surface area contributed by atoms with Gasteiger partial charge in [-0.2, -0.15) is 0 Å². The third-order valence-electron chi connectivity index (χ3n) is 8.02. The van der Waals surface area contributed by atoms with Crippen molar-refractivity contribution >= 4 is 23.3 Å². The van der Waals surface area contributed by atoms with E-state index in [1.165, 1.54) is 13.0 Å². The molecular formula is C23H26O5. The Morgan fingerprint density at radius 2 is 1.96 bits per heavy atom. The highest BCUT2D eigenvalue weighted by atomic mass is 16.5. The number of Topliss-reactive ketones (excluding diaryl/α,β-unsaturated/α-hetero) is 2. The molecule has 0 aromatic rings. The summed E-state index contributed by atoms with van der Waals surface area (Å²) in [6.07, 6.45) is 10.3. The molecule has 0 aromatic heterocycles. The predicted molar refractivity (Wildman–Crippen MR) is 101 cm³/mol. The number of carbonyl (C=O) groups is 4. The van der Waals surface area contributed by atoms with Crippen LogP contribution in [0.1, 0.15) is 58.8 Å². The van der Waals surface area contributed by atoms with Gasteiger partial charge in [0.05, 0.1) is 5.41 Å². The zero-order valence-electron chi connectivity index (χ0n) is 16.5. The molecule has 4 aliphatic carbocycles. The van der Waals surface area contributed by atoms with E-state index in [4.69, 9.17) is 11.2 Å². The minimum Gasteiger partial charge on any atom is -0.448 e. The standard InChI is InChI=1S/C23H26O5/c1-4-21(28-13(2)24)23-10-7-14(25)11-18(23)19(26)12-15-16-5-6-20(27)22(16,3)9-8-17(15)23/h1,11,15-17,21H,5-10,12H2,2-3H3/t15-,16-,17-,21+,22-,23+/m0/s1. The van der Waals surface area contributed by atoms with Gasteiger partial charge in [-0.25, -0.2) is 0 Å². The SMILES string of the molecule is C#C[C@@H](OC(C)=O)[C@@]12CCC(=O)C=C1C(=O)C[C@@H]1[C@@H]2CC[C@]2(C)C(=O)CC[C@@H]12. The van der Waals surface area contributed by atoms with Crippen LogP contribution >= 0.6 is 0 Å². The predicted octanol–water partition coefficient (Wildman–Crippen LogP) is 2.81. The van der Waals surface area contributed by atoms with Crippen LogP contribution < -0.4 is 0 Å². The summed E-state index contributed by atoms with van der Waals surface area (Å²) < 4.78 is 5.54. The Morgan fingerprint density at radius 1 is 1.21 bits per heavy atom. The van der Waals surface area contributed by atoms with Crippen molar-refractivity contribution in [2.24, 2.45) is 28.6 Å². The van der Waals surface area contributed by atoms with Gasteiger partial charge in [0.2, 0.25) is 0 Å². The number of rotatable bonds is 2. The molecule has 0 unspecified atom stereocenters. The van der Waals surface area contributed by atoms with E-state index >= 15 is 0 Å². The minimum atomic E-state index is -0.873. The maximum atomic E-state index is 13.2. The van der Waals surface area contributed by atoms with Crippen molar-refractivity contribution in [1.29, 1.82) is 0 Å². The molecule has 0 heterocycles. The topological polar surface area (TPSA) is 77.5 Å². The lowest BCUT2D eigenvalue weighted by atomic mass is 9.45. The Bertz CT molecular complexity index is 846. The first kappa shape index (κ1) is 19.1. The number of hydrogen-bond acceptors (Lipinski definition) is 5. The molecule has 0 spiro atoms. The highest BCUT2D eigenvalue weighted by molar-refractivity contribution is 6.06. The third kappa shape index (κ3) is 2.46. The molecule has 0 saturated heterocycles. The van der Waals surface area contributed by atoms with Gasteiger partial charge in [0.15, 0.2) is 17.7 Å². The molecule has 5 heteroatoms. The summed E-state index contributed by atoms with van der Waals surface area (Å²) in [7, 11) is 0. The van der Waals surface area contributed by atoms with Gasteiger partial charge in [0.1, 0.15) is 5.78 Å². The molecular weight excluding hydrogens is 356 g/mol. The number of terminal acetylenes is 1. The first-order valence-electron chi connectivity index (χ1n) is 10.2. The fourth-order valence-electron chi connectivity index (χ4n) is 6.78. The fraction of sp³-hybridized carbons (Fsp3) is 0.652. The van der Waals surface area contributed by atoms with Crippen LogP contribution in [-0.2, 0) is 23.9 Å². The molecule has 0 radical (unpaired) electrons. The Morgan fingerprint density at radius 3 is 2.64 bits per heavy atom. The first-order valence-corrected chi connectivity index (χ1v) is 10.2. The molecule has 3 fully saturated rings. The van der Waals surface area contributed by atoms with E-state index in [1.807, 2.05) is 6.92 Å². The van der Waals surface area contributed by atoms with Crippen molar-refractivity contribution in [3.05, 3.63) is 11.6 Å². The monoisotopic (exact) mass is 382 g/mol. The maximum Gasteiger partial charge on any atom is 0.303 e. The maximum absolute atomic E-state index is 13.2. The zero-order valence-corrected chi connectivity index (χ0v) is 16.5. The summed E-state index contributed by atoms with van der Waals surface area (Å²) in [6, 6.07) is 0. The van der Waals surface area contributed by atoms with Crippen molar-refractivity contribution < 1.29 is 23.9 Å². The molecule has 4 aliphatic rings. The van der Waals surface area contributed by atoms with E-state index in [1.54, 1.807) is 0 Å². The lowest BCUT2D eigenvalue weighted by Gasteiger charge is -2.58. The van der Waals surface area contributed by atoms with Gasteiger partial charge >= 0.3 is 5.97 Å². The van der Waals surface area contributed by atoms with Gasteiger partial charge in [-0.3, -0.25) is 19.2 Å². The van der Waals surface area contributed by atoms with E-state index in [9.17, 15) is 19.2 Å². The molecule has 0 amide bonds. The molecule has 0 bridgehead atoms. The average Bonchev–Trinajstić information content (AvgIpc) is 2.95. The van der Waals surface area contributed by atoms with E-state index < -0.39 is 17.5 Å². The molecule has 4 rings (SSSR count). The van der Waals surface area contributed by atoms with E-state index in [0.29, 0.717) is 37.0 Å². The van der Waals surface area contributed by atoms with Crippen LogP contribution in [-0.4, -0.2) is 29.4 Å². The molecule has 28 heavy (non-hydrogen) atoms. The molecule has 3 saturated carbocycles. The van der Waals surface area contributed by atoms with E-state index in [0.717, 1.165) is 19.3 Å². The number of ether oxygens (including phenoxy) is 1. The van der Waals surface area contributed by atoms with Crippen LogP contribution in [0.4, 0.5) is 0 Å². The van der Waals surface area contributed by atoms with Crippen molar-refractivity contribution in [2.75, 3.05) is 0 Å². The van der Waals surface area contributed by atoms with Crippen LogP contribution in [0.15, 0.2) is 11.6 Å². The Balaban J connectivity index is 1.85. The van der Waals surface area contributed by atoms with Crippen LogP contribution in [0.5, 0.6) is 0 Å². The lowest BCUT2D eigenvalue weighted by molar-refractivity contribution is -0.160. The van der Waals surface area contributed by atoms with Crippen molar-refractivity contribution in [1.82, 2.24) is 0 Å². The first-order chi connectivity index (χ1) is 13.2. The summed E-state index contributed by atoms with van der Waals surface area (Å²) in [5.74, 6) is 2.50. The number of esters is 1. The van der Waals surface area contributed by atoms with Crippen molar-refractivity contribution in [3.63, 3.8) is 0 Å². The minimum absolute atomic E-state index is 0.0360. The third-order valence-corrected chi connectivity index (χ3v) is 8.02. The van der Waals surface area contributed by atoms with Gasteiger partial charge in [0.25, 0.3) is 0 Å². The van der Waals surface area contributed by atoms with Gasteiger partial charge in [-0.1, -0.05) is 12.8 Å². The quantitative estimate of drug-likeness (QED) is 0.542. The second kappa shape index (κ2) is 6.40. The molecule has 0 aliphatic heterocycles. The van der Waals surface area contributed by atoms with E-state index in [-0.39, 0.29) is 34.7 Å². The van der Waals surface area contributed by atoms with Gasteiger partial charge in [-0.05, 0) is 49.5 Å². The van der Waals surface area contributed by atoms with Crippen LogP contribution in [0, 0.1) is 40.9 Å². The lowest BCUT2D eigenvalue weighted by Crippen LogP contribution is -2.58. The zero-order chi connectivity index (χ0) is 20.3. The van der Waals surface area contributed by atoms with Gasteiger partial charge in [0, 0.05) is 37.2 Å². The van der Waals surface area contributed by atoms with Crippen molar-refractivity contribution in [2.45, 2.75) is 64.9 Å². The van der Waals surface area contributed by atoms with Crippen LogP contribution in [0.3, 0.4) is 0 Å². The number of ketones is 3. The number of hydrogen-bond donors (Lipinski definition) is 0. The Hall–Kier alpha value is -2.22. The summed E-state index contributed by atoms with van der Waals surface area (Å²) in [5, 5.41) is 0. The fourth-order valence-corrected chi connectivity index (χ4v) is 6.78. The van der Waals surface area contributed by atoms with E-state index in [2.05, 4.69) is 5.92 Å². The molecule has 0 aromatic carbocycles. The highest BCUT2D eigenvalue weighted by Gasteiger charge is 2.64. The van der Waals surface area contributed by atoms with Gasteiger partial charge in [-0.15, -0.1) is 6.42 Å². The molecule has 6 atom stereocenters. The normalized spacial score (nSPS) is 40.5. The smallest absolute Gasteiger partial charge is 0.303 e. The molecule has 148 valence electrons.